The Labute approximate surface area is 201 Å². The Morgan fingerprint density at radius 3 is 2.71 bits per heavy atom. The number of para-hydroxylation sites is 1. The molecule has 174 valence electrons. The number of aromatic nitrogens is 5. The Hall–Kier alpha value is -4.17. The van der Waals surface area contributed by atoms with E-state index in [1.165, 1.54) is 12.1 Å². The lowest BCUT2D eigenvalue weighted by Gasteiger charge is -2.09. The highest BCUT2D eigenvalue weighted by Crippen LogP contribution is 2.30. The number of H-pyrrole nitrogens is 1. The fourth-order valence-corrected chi connectivity index (χ4v) is 4.64. The molecule has 4 heterocycles. The predicted molar refractivity (Wildman–Crippen MR) is 133 cm³/mol. The molecule has 0 spiro atoms. The summed E-state index contributed by atoms with van der Waals surface area (Å²) in [5.41, 5.74) is 8.22. The van der Waals surface area contributed by atoms with E-state index in [9.17, 15) is 9.50 Å². The van der Waals surface area contributed by atoms with Gasteiger partial charge in [0, 0.05) is 30.9 Å². The van der Waals surface area contributed by atoms with Crippen molar-refractivity contribution in [2.45, 2.75) is 19.4 Å². The number of aliphatic hydroxyl groups is 1. The minimum atomic E-state index is -0.270. The molecule has 5 aromatic rings. The summed E-state index contributed by atoms with van der Waals surface area (Å²) < 4.78 is 15.2. The molecule has 0 saturated heterocycles. The zero-order chi connectivity index (χ0) is 23.9. The first-order chi connectivity index (χ1) is 17.1. The van der Waals surface area contributed by atoms with E-state index in [0.717, 1.165) is 63.2 Å². The molecule has 0 atom stereocenters. The zero-order valence-corrected chi connectivity index (χ0v) is 19.2. The van der Waals surface area contributed by atoms with E-state index in [4.69, 9.17) is 15.0 Å². The second-order valence-corrected chi connectivity index (χ2v) is 8.65. The van der Waals surface area contributed by atoms with Crippen molar-refractivity contribution in [3.8, 4) is 22.4 Å². The second-order valence-electron chi connectivity index (χ2n) is 8.65. The van der Waals surface area contributed by atoms with E-state index in [1.807, 2.05) is 37.5 Å². The molecule has 0 bridgehead atoms. The third-order valence-electron chi connectivity index (χ3n) is 6.30. The fraction of sp³-hybridized carbons (Fsp3) is 0.185. The number of halogens is 1. The first kappa shape index (κ1) is 21.4. The SMILES string of the molecule is Cn1cc(-c2ccc3c(n2)C(c2nc4c(-c5ccc(F)cc5)cccc4[nH]2)=NCCC3)c(CO)n1. The fourth-order valence-electron chi connectivity index (χ4n) is 4.64. The van der Waals surface area contributed by atoms with Gasteiger partial charge in [0.05, 0.1) is 34.7 Å². The van der Waals surface area contributed by atoms with Crippen LogP contribution in [0.15, 0.2) is 65.8 Å². The second kappa shape index (κ2) is 8.56. The number of hydrogen-bond donors (Lipinski definition) is 2. The molecule has 0 saturated carbocycles. The van der Waals surface area contributed by atoms with E-state index >= 15 is 0 Å². The number of aromatic amines is 1. The quantitative estimate of drug-likeness (QED) is 0.410. The van der Waals surface area contributed by atoms with Crippen LogP contribution in [-0.4, -0.2) is 42.1 Å². The van der Waals surface area contributed by atoms with Crippen LogP contribution in [0.4, 0.5) is 4.39 Å². The number of aliphatic imine (C=N–C) groups is 1. The van der Waals surface area contributed by atoms with Gasteiger partial charge >= 0.3 is 0 Å². The average molecular weight is 467 g/mol. The van der Waals surface area contributed by atoms with Crippen LogP contribution in [-0.2, 0) is 20.1 Å². The first-order valence-electron chi connectivity index (χ1n) is 11.5. The highest BCUT2D eigenvalue weighted by molar-refractivity contribution is 6.12. The Balaban J connectivity index is 1.48. The predicted octanol–water partition coefficient (Wildman–Crippen LogP) is 4.44. The van der Waals surface area contributed by atoms with E-state index in [-0.39, 0.29) is 12.4 Å². The molecule has 35 heavy (non-hydrogen) atoms. The molecule has 0 unspecified atom stereocenters. The maximum absolute atomic E-state index is 13.5. The molecule has 0 aliphatic carbocycles. The Morgan fingerprint density at radius 2 is 1.89 bits per heavy atom. The summed E-state index contributed by atoms with van der Waals surface area (Å²) in [6, 6.07) is 16.4. The molecule has 2 aromatic carbocycles. The van der Waals surface area contributed by atoms with Gasteiger partial charge in [0.25, 0.3) is 0 Å². The standard InChI is InChI=1S/C27H23FN6O/c1-34-14-20(23(15-35)33-34)21-12-9-17-4-3-13-29-26(24(17)30-21)27-31-22-6-2-5-19(25(22)32-27)16-7-10-18(28)11-8-16/h2,5-12,14,35H,3-4,13,15H2,1H3,(H,31,32). The van der Waals surface area contributed by atoms with Crippen molar-refractivity contribution in [1.29, 1.82) is 0 Å². The molecule has 1 aliphatic rings. The van der Waals surface area contributed by atoms with Crippen LogP contribution in [0.3, 0.4) is 0 Å². The largest absolute Gasteiger partial charge is 0.390 e. The summed E-state index contributed by atoms with van der Waals surface area (Å²) in [5.74, 6) is 0.379. The lowest BCUT2D eigenvalue weighted by atomic mass is 10.0. The first-order valence-corrected chi connectivity index (χ1v) is 11.5. The van der Waals surface area contributed by atoms with Gasteiger partial charge in [-0.05, 0) is 48.2 Å². The monoisotopic (exact) mass is 466 g/mol. The number of imidazole rings is 1. The average Bonchev–Trinajstić information content (AvgIpc) is 3.41. The van der Waals surface area contributed by atoms with Crippen LogP contribution in [0, 0.1) is 5.82 Å². The molecule has 0 amide bonds. The summed E-state index contributed by atoms with van der Waals surface area (Å²) in [5, 5.41) is 14.1. The van der Waals surface area contributed by atoms with E-state index in [1.54, 1.807) is 16.8 Å². The highest BCUT2D eigenvalue weighted by atomic mass is 19.1. The molecule has 0 radical (unpaired) electrons. The Kier molecular flexibility index (Phi) is 5.22. The highest BCUT2D eigenvalue weighted by Gasteiger charge is 2.22. The number of aliphatic hydroxyl groups excluding tert-OH is 1. The molecule has 2 N–H and O–H groups in total. The molecule has 6 rings (SSSR count). The van der Waals surface area contributed by atoms with Gasteiger partial charge in [-0.2, -0.15) is 5.10 Å². The van der Waals surface area contributed by atoms with Crippen LogP contribution in [0.25, 0.3) is 33.4 Å². The maximum Gasteiger partial charge on any atom is 0.159 e. The van der Waals surface area contributed by atoms with Gasteiger partial charge in [0.1, 0.15) is 11.5 Å². The van der Waals surface area contributed by atoms with Gasteiger partial charge in [-0.1, -0.05) is 30.3 Å². The van der Waals surface area contributed by atoms with Crippen molar-refractivity contribution < 1.29 is 9.50 Å². The number of aryl methyl sites for hydroxylation is 2. The van der Waals surface area contributed by atoms with Crippen molar-refractivity contribution in [2.24, 2.45) is 12.0 Å². The van der Waals surface area contributed by atoms with E-state index < -0.39 is 0 Å². The minimum absolute atomic E-state index is 0.161. The van der Waals surface area contributed by atoms with Crippen molar-refractivity contribution in [1.82, 2.24) is 24.7 Å². The number of rotatable bonds is 4. The number of pyridine rings is 1. The van der Waals surface area contributed by atoms with Crippen LogP contribution in [0.1, 0.15) is 29.2 Å². The summed E-state index contributed by atoms with van der Waals surface area (Å²) in [4.78, 5) is 18.2. The van der Waals surface area contributed by atoms with Gasteiger partial charge < -0.3 is 10.1 Å². The van der Waals surface area contributed by atoms with Crippen molar-refractivity contribution in [3.63, 3.8) is 0 Å². The number of nitrogens with zero attached hydrogens (tertiary/aromatic N) is 5. The number of hydrogen-bond acceptors (Lipinski definition) is 5. The summed E-state index contributed by atoms with van der Waals surface area (Å²) in [6.07, 6.45) is 3.66. The lowest BCUT2D eigenvalue weighted by Crippen LogP contribution is -2.11. The molecule has 8 heteroatoms. The smallest absolute Gasteiger partial charge is 0.159 e. The van der Waals surface area contributed by atoms with Crippen LogP contribution < -0.4 is 0 Å². The molecular formula is C27H23FN6O. The lowest BCUT2D eigenvalue weighted by molar-refractivity contribution is 0.276. The van der Waals surface area contributed by atoms with Gasteiger partial charge in [-0.3, -0.25) is 9.67 Å². The molecule has 0 fully saturated rings. The van der Waals surface area contributed by atoms with Crippen molar-refractivity contribution in [3.05, 3.63) is 89.4 Å². The number of nitrogens with one attached hydrogen (secondary N) is 1. The van der Waals surface area contributed by atoms with E-state index in [2.05, 4.69) is 16.1 Å². The van der Waals surface area contributed by atoms with Crippen molar-refractivity contribution >= 4 is 16.7 Å². The zero-order valence-electron chi connectivity index (χ0n) is 19.2. The summed E-state index contributed by atoms with van der Waals surface area (Å²) >= 11 is 0. The molecule has 3 aromatic heterocycles. The number of benzene rings is 2. The minimum Gasteiger partial charge on any atom is -0.390 e. The molecular weight excluding hydrogens is 443 g/mol. The normalized spacial score (nSPS) is 13.5. The maximum atomic E-state index is 13.5. The molecule has 1 aliphatic heterocycles. The van der Waals surface area contributed by atoms with E-state index in [0.29, 0.717) is 18.1 Å². The van der Waals surface area contributed by atoms with Gasteiger partial charge in [-0.15, -0.1) is 0 Å². The topological polar surface area (TPSA) is 92.0 Å². The molecule has 7 nitrogen and oxygen atoms in total. The van der Waals surface area contributed by atoms with Crippen LogP contribution in [0.2, 0.25) is 0 Å². The van der Waals surface area contributed by atoms with Gasteiger partial charge in [-0.25, -0.2) is 14.4 Å². The summed E-state index contributed by atoms with van der Waals surface area (Å²) in [6.45, 7) is 0.517. The summed E-state index contributed by atoms with van der Waals surface area (Å²) in [7, 11) is 1.83. The Morgan fingerprint density at radius 1 is 1.03 bits per heavy atom. The van der Waals surface area contributed by atoms with Gasteiger partial charge in [0.2, 0.25) is 0 Å². The third kappa shape index (κ3) is 3.81. The number of fused-ring (bicyclic) bond motifs is 2. The Bertz CT molecular complexity index is 1580. The third-order valence-corrected chi connectivity index (χ3v) is 6.30. The van der Waals surface area contributed by atoms with Gasteiger partial charge in [0.15, 0.2) is 5.82 Å². The van der Waals surface area contributed by atoms with Crippen molar-refractivity contribution in [2.75, 3.05) is 6.54 Å². The van der Waals surface area contributed by atoms with Crippen LogP contribution in [0.5, 0.6) is 0 Å². The van der Waals surface area contributed by atoms with Crippen LogP contribution >= 0.6 is 0 Å².